The summed E-state index contributed by atoms with van der Waals surface area (Å²) in [6.07, 6.45) is 1.79. The lowest BCUT2D eigenvalue weighted by molar-refractivity contribution is 0.589. The standard InChI is InChI=1S/C15H17ClN2S/c1-11(2)18-10-12-6-7-14(13(16)9-12)19-15-5-3-4-8-17-15/h3-9,11,18H,10H2,1-2H3. The molecule has 0 saturated heterocycles. The zero-order valence-corrected chi connectivity index (χ0v) is 12.6. The third kappa shape index (κ3) is 4.53. The molecule has 100 valence electrons. The van der Waals surface area contributed by atoms with Crippen LogP contribution in [0.4, 0.5) is 0 Å². The molecule has 0 fully saturated rings. The summed E-state index contributed by atoms with van der Waals surface area (Å²) in [5.74, 6) is 0. The highest BCUT2D eigenvalue weighted by Crippen LogP contribution is 2.32. The number of nitrogens with one attached hydrogen (secondary N) is 1. The van der Waals surface area contributed by atoms with Crippen LogP contribution in [-0.4, -0.2) is 11.0 Å². The molecule has 1 aromatic heterocycles. The normalized spacial score (nSPS) is 10.9. The second kappa shape index (κ2) is 6.94. The van der Waals surface area contributed by atoms with Crippen LogP contribution in [0.15, 0.2) is 52.5 Å². The van der Waals surface area contributed by atoms with Gasteiger partial charge in [0.25, 0.3) is 0 Å². The van der Waals surface area contributed by atoms with E-state index in [9.17, 15) is 0 Å². The van der Waals surface area contributed by atoms with Crippen LogP contribution in [0.2, 0.25) is 5.02 Å². The topological polar surface area (TPSA) is 24.9 Å². The Morgan fingerprint density at radius 3 is 2.74 bits per heavy atom. The molecule has 2 rings (SSSR count). The molecule has 1 N–H and O–H groups in total. The minimum absolute atomic E-state index is 0.473. The predicted octanol–water partition coefficient (Wildman–Crippen LogP) is 4.38. The molecular formula is C15H17ClN2S. The Balaban J connectivity index is 2.07. The van der Waals surface area contributed by atoms with Crippen LogP contribution < -0.4 is 5.32 Å². The van der Waals surface area contributed by atoms with E-state index in [1.54, 1.807) is 18.0 Å². The fourth-order valence-corrected chi connectivity index (χ4v) is 2.68. The molecule has 0 radical (unpaired) electrons. The lowest BCUT2D eigenvalue weighted by Crippen LogP contribution is -2.21. The maximum Gasteiger partial charge on any atom is 0.101 e. The van der Waals surface area contributed by atoms with Crippen LogP contribution in [0.5, 0.6) is 0 Å². The van der Waals surface area contributed by atoms with E-state index in [2.05, 4.69) is 36.3 Å². The maximum atomic E-state index is 6.32. The Hall–Kier alpha value is -1.03. The molecule has 0 amide bonds. The van der Waals surface area contributed by atoms with Crippen molar-refractivity contribution < 1.29 is 0 Å². The monoisotopic (exact) mass is 292 g/mol. The van der Waals surface area contributed by atoms with E-state index in [-0.39, 0.29) is 0 Å². The summed E-state index contributed by atoms with van der Waals surface area (Å²) in [5, 5.41) is 5.11. The van der Waals surface area contributed by atoms with E-state index in [1.165, 1.54) is 5.56 Å². The van der Waals surface area contributed by atoms with Gasteiger partial charge in [-0.15, -0.1) is 0 Å². The van der Waals surface area contributed by atoms with Gasteiger partial charge in [-0.25, -0.2) is 4.98 Å². The summed E-state index contributed by atoms with van der Waals surface area (Å²) < 4.78 is 0. The van der Waals surface area contributed by atoms with Gasteiger partial charge >= 0.3 is 0 Å². The Morgan fingerprint density at radius 2 is 2.11 bits per heavy atom. The van der Waals surface area contributed by atoms with Crippen LogP contribution in [0.25, 0.3) is 0 Å². The van der Waals surface area contributed by atoms with Crippen molar-refractivity contribution in [2.24, 2.45) is 0 Å². The number of aromatic nitrogens is 1. The summed E-state index contributed by atoms with van der Waals surface area (Å²) in [6.45, 7) is 5.10. The van der Waals surface area contributed by atoms with Crippen molar-refractivity contribution in [3.8, 4) is 0 Å². The predicted molar refractivity (Wildman–Crippen MR) is 81.8 cm³/mol. The van der Waals surface area contributed by atoms with Gasteiger partial charge in [0.2, 0.25) is 0 Å². The fraction of sp³-hybridized carbons (Fsp3) is 0.267. The van der Waals surface area contributed by atoms with Crippen molar-refractivity contribution in [3.63, 3.8) is 0 Å². The van der Waals surface area contributed by atoms with Gasteiger partial charge in [0, 0.05) is 23.7 Å². The molecule has 0 spiro atoms. The molecule has 4 heteroatoms. The highest BCUT2D eigenvalue weighted by molar-refractivity contribution is 7.99. The summed E-state index contributed by atoms with van der Waals surface area (Å²) in [7, 11) is 0. The maximum absolute atomic E-state index is 6.32. The first-order valence-corrected chi connectivity index (χ1v) is 7.45. The van der Waals surface area contributed by atoms with E-state index < -0.39 is 0 Å². The fourth-order valence-electron chi connectivity index (χ4n) is 1.58. The Morgan fingerprint density at radius 1 is 1.26 bits per heavy atom. The van der Waals surface area contributed by atoms with Gasteiger partial charge in [-0.3, -0.25) is 0 Å². The van der Waals surface area contributed by atoms with Gasteiger partial charge in [0.1, 0.15) is 5.03 Å². The smallest absolute Gasteiger partial charge is 0.101 e. The molecule has 19 heavy (non-hydrogen) atoms. The number of halogens is 1. The summed E-state index contributed by atoms with van der Waals surface area (Å²) in [6, 6.07) is 12.5. The molecule has 0 unspecified atom stereocenters. The van der Waals surface area contributed by atoms with Crippen molar-refractivity contribution in [3.05, 3.63) is 53.2 Å². The second-order valence-electron chi connectivity index (χ2n) is 4.57. The van der Waals surface area contributed by atoms with Gasteiger partial charge in [-0.2, -0.15) is 0 Å². The van der Waals surface area contributed by atoms with E-state index >= 15 is 0 Å². The molecule has 0 aliphatic carbocycles. The van der Waals surface area contributed by atoms with Crippen molar-refractivity contribution in [2.75, 3.05) is 0 Å². The second-order valence-corrected chi connectivity index (χ2v) is 6.04. The molecule has 0 aliphatic heterocycles. The van der Waals surface area contributed by atoms with Crippen LogP contribution in [-0.2, 0) is 6.54 Å². The lowest BCUT2D eigenvalue weighted by Gasteiger charge is -2.10. The van der Waals surface area contributed by atoms with Crippen molar-refractivity contribution >= 4 is 23.4 Å². The Labute approximate surface area is 123 Å². The Bertz CT molecular complexity index is 529. The first-order valence-electron chi connectivity index (χ1n) is 6.26. The van der Waals surface area contributed by atoms with Crippen molar-refractivity contribution in [1.82, 2.24) is 10.3 Å². The number of hydrogen-bond acceptors (Lipinski definition) is 3. The third-order valence-electron chi connectivity index (χ3n) is 2.56. The van der Waals surface area contributed by atoms with E-state index in [4.69, 9.17) is 11.6 Å². The number of benzene rings is 1. The molecule has 2 nitrogen and oxygen atoms in total. The van der Waals surface area contributed by atoms with Gasteiger partial charge in [0.05, 0.1) is 5.02 Å². The number of rotatable bonds is 5. The van der Waals surface area contributed by atoms with Crippen molar-refractivity contribution in [1.29, 1.82) is 0 Å². The molecular weight excluding hydrogens is 276 g/mol. The third-order valence-corrected chi connectivity index (χ3v) is 4.01. The average molecular weight is 293 g/mol. The Kier molecular flexibility index (Phi) is 5.25. The number of hydrogen-bond donors (Lipinski definition) is 1. The molecule has 2 aromatic rings. The van der Waals surface area contributed by atoms with Gasteiger partial charge in [0.15, 0.2) is 0 Å². The highest BCUT2D eigenvalue weighted by atomic mass is 35.5. The minimum atomic E-state index is 0.473. The molecule has 0 atom stereocenters. The van der Waals surface area contributed by atoms with E-state index in [0.29, 0.717) is 6.04 Å². The van der Waals surface area contributed by atoms with Crippen LogP contribution >= 0.6 is 23.4 Å². The molecule has 1 heterocycles. The molecule has 1 aromatic carbocycles. The molecule has 0 bridgehead atoms. The first-order chi connectivity index (χ1) is 9.15. The number of nitrogens with zero attached hydrogens (tertiary/aromatic N) is 1. The van der Waals surface area contributed by atoms with Gasteiger partial charge in [-0.1, -0.05) is 49.3 Å². The summed E-state index contributed by atoms with van der Waals surface area (Å²) >= 11 is 7.90. The highest BCUT2D eigenvalue weighted by Gasteiger charge is 2.05. The zero-order valence-electron chi connectivity index (χ0n) is 11.1. The van der Waals surface area contributed by atoms with Crippen LogP contribution in [0.1, 0.15) is 19.4 Å². The van der Waals surface area contributed by atoms with E-state index in [1.807, 2.05) is 24.3 Å². The van der Waals surface area contributed by atoms with E-state index in [0.717, 1.165) is 21.5 Å². The quantitative estimate of drug-likeness (QED) is 0.885. The largest absolute Gasteiger partial charge is 0.310 e. The van der Waals surface area contributed by atoms with Crippen LogP contribution in [0, 0.1) is 0 Å². The number of pyridine rings is 1. The van der Waals surface area contributed by atoms with Gasteiger partial charge in [-0.05, 0) is 29.8 Å². The molecule has 0 aliphatic rings. The SMILES string of the molecule is CC(C)NCc1ccc(Sc2ccccn2)c(Cl)c1. The van der Waals surface area contributed by atoms with Crippen LogP contribution in [0.3, 0.4) is 0 Å². The summed E-state index contributed by atoms with van der Waals surface area (Å²) in [5.41, 5.74) is 1.20. The summed E-state index contributed by atoms with van der Waals surface area (Å²) in [4.78, 5) is 5.32. The minimum Gasteiger partial charge on any atom is -0.310 e. The average Bonchev–Trinajstić information content (AvgIpc) is 2.40. The molecule has 0 saturated carbocycles. The zero-order chi connectivity index (χ0) is 13.7. The van der Waals surface area contributed by atoms with Crippen molar-refractivity contribution in [2.45, 2.75) is 36.4 Å². The lowest BCUT2D eigenvalue weighted by atomic mass is 10.2. The first kappa shape index (κ1) is 14.4. The van der Waals surface area contributed by atoms with Gasteiger partial charge < -0.3 is 5.32 Å².